The number of unbranched alkanes of at least 4 members (excludes halogenated alkanes) is 3. The Morgan fingerprint density at radius 3 is 2.34 bits per heavy atom. The van der Waals surface area contributed by atoms with Gasteiger partial charge in [0.25, 0.3) is 0 Å². The summed E-state index contributed by atoms with van der Waals surface area (Å²) >= 11 is 1.33. The third kappa shape index (κ3) is 7.17. The van der Waals surface area contributed by atoms with Crippen molar-refractivity contribution in [2.24, 2.45) is 5.14 Å². The van der Waals surface area contributed by atoms with E-state index in [9.17, 15) is 13.2 Å². The van der Waals surface area contributed by atoms with Crippen LogP contribution in [0.25, 0.3) is 0 Å². The van der Waals surface area contributed by atoms with Gasteiger partial charge in [-0.05, 0) is 37.1 Å². The standard InChI is InChI=1S/C22H30N2O3S2/c1-3-5-8-13-20(25)17-15-19(24-14-6-4-2)22(21(16-17)29(23,26)27)28-18-11-9-7-10-12-18/h7,9-12,15-16,24H,3-6,8,13-14H2,1-2H3,(H2,23,26,27). The summed E-state index contributed by atoms with van der Waals surface area (Å²) in [5, 5.41) is 8.86. The van der Waals surface area contributed by atoms with E-state index >= 15 is 0 Å². The summed E-state index contributed by atoms with van der Waals surface area (Å²) < 4.78 is 24.8. The molecule has 29 heavy (non-hydrogen) atoms. The zero-order chi connectivity index (χ0) is 21.3. The van der Waals surface area contributed by atoms with Crippen molar-refractivity contribution >= 4 is 33.3 Å². The summed E-state index contributed by atoms with van der Waals surface area (Å²) in [6, 6.07) is 12.7. The van der Waals surface area contributed by atoms with Crippen LogP contribution in [0, 0.1) is 0 Å². The first-order chi connectivity index (χ1) is 13.9. The van der Waals surface area contributed by atoms with Crippen molar-refractivity contribution in [3.63, 3.8) is 0 Å². The van der Waals surface area contributed by atoms with Crippen LogP contribution in [0.4, 0.5) is 5.69 Å². The van der Waals surface area contributed by atoms with E-state index in [4.69, 9.17) is 5.14 Å². The smallest absolute Gasteiger partial charge is 0.239 e. The molecule has 0 bridgehead atoms. The molecular formula is C22H30N2O3S2. The molecule has 0 aliphatic carbocycles. The van der Waals surface area contributed by atoms with Crippen molar-refractivity contribution in [3.8, 4) is 0 Å². The topological polar surface area (TPSA) is 89.3 Å². The van der Waals surface area contributed by atoms with Crippen molar-refractivity contribution in [2.45, 2.75) is 67.1 Å². The van der Waals surface area contributed by atoms with Crippen LogP contribution in [-0.4, -0.2) is 20.7 Å². The van der Waals surface area contributed by atoms with Crippen LogP contribution in [0.3, 0.4) is 0 Å². The molecule has 0 unspecified atom stereocenters. The van der Waals surface area contributed by atoms with Gasteiger partial charge in [0.1, 0.15) is 0 Å². The summed E-state index contributed by atoms with van der Waals surface area (Å²) in [4.78, 5) is 14.1. The Labute approximate surface area is 178 Å². The van der Waals surface area contributed by atoms with Crippen molar-refractivity contribution in [3.05, 3.63) is 48.0 Å². The molecule has 0 heterocycles. The number of sulfonamides is 1. The lowest BCUT2D eigenvalue weighted by Gasteiger charge is -2.17. The van der Waals surface area contributed by atoms with Crippen molar-refractivity contribution in [1.29, 1.82) is 0 Å². The average Bonchev–Trinajstić information content (AvgIpc) is 2.69. The fraction of sp³-hybridized carbons (Fsp3) is 0.409. The second-order valence-corrected chi connectivity index (χ2v) is 9.59. The molecule has 158 valence electrons. The minimum Gasteiger partial charge on any atom is -0.384 e. The molecule has 0 amide bonds. The predicted octanol–water partition coefficient (Wildman–Crippen LogP) is 5.46. The number of ketones is 1. The first kappa shape index (κ1) is 23.4. The second-order valence-electron chi connectivity index (χ2n) is 6.97. The van der Waals surface area contributed by atoms with Crippen molar-refractivity contribution in [1.82, 2.24) is 0 Å². The fourth-order valence-electron chi connectivity index (χ4n) is 2.90. The van der Waals surface area contributed by atoms with E-state index in [0.29, 0.717) is 29.1 Å². The molecule has 0 spiro atoms. The van der Waals surface area contributed by atoms with Gasteiger partial charge in [0.2, 0.25) is 10.0 Å². The van der Waals surface area contributed by atoms with Crippen molar-refractivity contribution < 1.29 is 13.2 Å². The SMILES string of the molecule is CCCCCC(=O)c1cc(NCCCC)c(Sc2ccccc2)c(S(N)(=O)=O)c1. The maximum absolute atomic E-state index is 12.7. The Morgan fingerprint density at radius 2 is 1.72 bits per heavy atom. The van der Waals surface area contributed by atoms with Gasteiger partial charge in [0.05, 0.1) is 15.5 Å². The average molecular weight is 435 g/mol. The number of hydrogen-bond acceptors (Lipinski definition) is 5. The molecule has 0 aliphatic rings. The number of rotatable bonds is 12. The molecule has 3 N–H and O–H groups in total. The van der Waals surface area contributed by atoms with Gasteiger partial charge in [-0.3, -0.25) is 4.79 Å². The number of benzene rings is 2. The van der Waals surface area contributed by atoms with Crippen LogP contribution in [0.2, 0.25) is 0 Å². The maximum Gasteiger partial charge on any atom is 0.239 e. The third-order valence-corrected chi connectivity index (χ3v) is 6.72. The summed E-state index contributed by atoms with van der Waals surface area (Å²) in [5.41, 5.74) is 1.03. The molecule has 0 radical (unpaired) electrons. The van der Waals surface area contributed by atoms with Gasteiger partial charge in [-0.1, -0.05) is 63.1 Å². The number of anilines is 1. The molecule has 0 aliphatic heterocycles. The molecule has 7 heteroatoms. The van der Waals surface area contributed by atoms with Gasteiger partial charge < -0.3 is 5.32 Å². The van der Waals surface area contributed by atoms with Gasteiger partial charge in [0.15, 0.2) is 5.78 Å². The number of Topliss-reactive ketones (excluding diaryl/α,β-unsaturated/α-hetero) is 1. The van der Waals surface area contributed by atoms with Crippen LogP contribution in [0.15, 0.2) is 57.2 Å². The highest BCUT2D eigenvalue weighted by atomic mass is 32.2. The highest BCUT2D eigenvalue weighted by Crippen LogP contribution is 2.39. The number of nitrogens with two attached hydrogens (primary N) is 1. The number of primary sulfonamides is 1. The first-order valence-corrected chi connectivity index (χ1v) is 12.4. The van der Waals surface area contributed by atoms with Crippen molar-refractivity contribution in [2.75, 3.05) is 11.9 Å². The summed E-state index contributed by atoms with van der Waals surface area (Å²) in [5.74, 6) is -0.0573. The predicted molar refractivity (Wildman–Crippen MR) is 120 cm³/mol. The minimum atomic E-state index is -4.00. The van der Waals surface area contributed by atoms with E-state index in [1.807, 2.05) is 30.3 Å². The van der Waals surface area contributed by atoms with Crippen LogP contribution < -0.4 is 10.5 Å². The highest BCUT2D eigenvalue weighted by Gasteiger charge is 2.22. The number of hydrogen-bond donors (Lipinski definition) is 2. The highest BCUT2D eigenvalue weighted by molar-refractivity contribution is 8.00. The number of carbonyl (C=O) groups excluding carboxylic acids is 1. The Hall–Kier alpha value is -1.83. The van der Waals surface area contributed by atoms with E-state index in [0.717, 1.165) is 37.0 Å². The Balaban J connectivity index is 2.51. The Morgan fingerprint density at radius 1 is 1.03 bits per heavy atom. The minimum absolute atomic E-state index is 0.00769. The lowest BCUT2D eigenvalue weighted by molar-refractivity contribution is 0.0979. The zero-order valence-corrected chi connectivity index (χ0v) is 18.7. The number of nitrogens with one attached hydrogen (secondary N) is 1. The summed E-state index contributed by atoms with van der Waals surface area (Å²) in [6.45, 7) is 4.86. The molecule has 0 fully saturated rings. The lowest BCUT2D eigenvalue weighted by Crippen LogP contribution is -2.16. The first-order valence-electron chi connectivity index (χ1n) is 10.1. The summed E-state index contributed by atoms with van der Waals surface area (Å²) in [7, 11) is -4.00. The van der Waals surface area contributed by atoms with Gasteiger partial charge in [-0.25, -0.2) is 13.6 Å². The van der Waals surface area contributed by atoms with E-state index in [-0.39, 0.29) is 10.7 Å². The molecular weight excluding hydrogens is 404 g/mol. The van der Waals surface area contributed by atoms with E-state index in [2.05, 4.69) is 19.2 Å². The van der Waals surface area contributed by atoms with Crippen LogP contribution in [0.5, 0.6) is 0 Å². The summed E-state index contributed by atoms with van der Waals surface area (Å²) in [6.07, 6.45) is 5.13. The lowest BCUT2D eigenvalue weighted by atomic mass is 10.0. The molecule has 2 aromatic rings. The molecule has 0 saturated heterocycles. The zero-order valence-electron chi connectivity index (χ0n) is 17.1. The third-order valence-electron chi connectivity index (χ3n) is 4.50. The van der Waals surface area contributed by atoms with E-state index in [1.165, 1.54) is 17.8 Å². The van der Waals surface area contributed by atoms with Gasteiger partial charge in [0, 0.05) is 23.4 Å². The quantitative estimate of drug-likeness (QED) is 0.342. The van der Waals surface area contributed by atoms with E-state index in [1.54, 1.807) is 6.07 Å². The Kier molecular flexibility index (Phi) is 9.20. The second kappa shape index (κ2) is 11.4. The molecule has 0 saturated carbocycles. The molecule has 2 aromatic carbocycles. The van der Waals surface area contributed by atoms with Crippen LogP contribution in [-0.2, 0) is 10.0 Å². The monoisotopic (exact) mass is 434 g/mol. The largest absolute Gasteiger partial charge is 0.384 e. The van der Waals surface area contributed by atoms with Crippen LogP contribution >= 0.6 is 11.8 Å². The molecule has 2 rings (SSSR count). The fourth-order valence-corrected chi connectivity index (χ4v) is 4.96. The maximum atomic E-state index is 12.7. The molecule has 0 atom stereocenters. The van der Waals surface area contributed by atoms with Gasteiger partial charge in [-0.2, -0.15) is 0 Å². The normalized spacial score (nSPS) is 11.4. The Bertz CT molecular complexity index is 913. The van der Waals surface area contributed by atoms with E-state index < -0.39 is 10.0 Å². The molecule has 5 nitrogen and oxygen atoms in total. The number of carbonyl (C=O) groups is 1. The van der Waals surface area contributed by atoms with Crippen LogP contribution in [0.1, 0.15) is 62.7 Å². The molecule has 0 aromatic heterocycles. The van der Waals surface area contributed by atoms with Gasteiger partial charge >= 0.3 is 0 Å². The van der Waals surface area contributed by atoms with Gasteiger partial charge in [-0.15, -0.1) is 0 Å².